The predicted octanol–water partition coefficient (Wildman–Crippen LogP) is 1.29. The highest BCUT2D eigenvalue weighted by Crippen LogP contribution is 2.22. The smallest absolute Gasteiger partial charge is 0.225 e. The Balaban J connectivity index is 2.20. The number of hydrogen-bond donors (Lipinski definition) is 3. The average Bonchev–Trinajstić information content (AvgIpc) is 2.43. The van der Waals surface area contributed by atoms with Crippen molar-refractivity contribution in [2.75, 3.05) is 6.54 Å². The minimum atomic E-state index is 0.0703. The van der Waals surface area contributed by atoms with Crippen LogP contribution in [0.4, 0.5) is 0 Å². The summed E-state index contributed by atoms with van der Waals surface area (Å²) in [6.45, 7) is 0.824. The van der Waals surface area contributed by atoms with Gasteiger partial charge in [0.15, 0.2) is 0 Å². The van der Waals surface area contributed by atoms with E-state index >= 15 is 0 Å². The molecule has 0 bridgehead atoms. The van der Waals surface area contributed by atoms with Gasteiger partial charge in [0.25, 0.3) is 0 Å². The van der Waals surface area contributed by atoms with Gasteiger partial charge in [-0.05, 0) is 32.1 Å². The summed E-state index contributed by atoms with van der Waals surface area (Å²) in [6, 6.07) is 0. The van der Waals surface area contributed by atoms with Crippen LogP contribution in [0.3, 0.4) is 0 Å². The Hall–Kier alpha value is -1.32. The van der Waals surface area contributed by atoms with E-state index in [1.165, 1.54) is 0 Å². The quantitative estimate of drug-likeness (QED) is 0.560. The Bertz CT molecular complexity index is 320. The van der Waals surface area contributed by atoms with Gasteiger partial charge >= 0.3 is 0 Å². The molecular weight excluding hydrogens is 190 g/mol. The molecule has 1 amide bonds. The molecule has 0 radical (unpaired) electrons. The van der Waals surface area contributed by atoms with E-state index in [1.54, 1.807) is 0 Å². The van der Waals surface area contributed by atoms with Crippen molar-refractivity contribution in [3.05, 3.63) is 11.4 Å². The molecule has 3 N–H and O–H groups in total. The van der Waals surface area contributed by atoms with Crippen LogP contribution in [0.5, 0.6) is 0 Å². The predicted molar refractivity (Wildman–Crippen MR) is 58.6 cm³/mol. The molecule has 1 aliphatic heterocycles. The number of rotatable bonds is 0. The van der Waals surface area contributed by atoms with Gasteiger partial charge in [0.2, 0.25) is 5.91 Å². The number of carbonyl (C=O) groups excluding carboxylic acids is 1. The van der Waals surface area contributed by atoms with Gasteiger partial charge in [0, 0.05) is 24.3 Å². The zero-order chi connectivity index (χ0) is 10.7. The molecule has 1 aliphatic carbocycles. The number of hydrogen-bond acceptors (Lipinski definition) is 3. The van der Waals surface area contributed by atoms with E-state index in [0.717, 1.165) is 50.0 Å². The fourth-order valence-electron chi connectivity index (χ4n) is 2.07. The summed E-state index contributed by atoms with van der Waals surface area (Å²) in [6.07, 6.45) is 5.44. The van der Waals surface area contributed by atoms with E-state index in [2.05, 4.69) is 10.6 Å². The second-order valence-corrected chi connectivity index (χ2v) is 4.12. The van der Waals surface area contributed by atoms with E-state index in [0.29, 0.717) is 12.1 Å². The first-order valence-electron chi connectivity index (χ1n) is 5.62. The SMILES string of the molecule is N=C1CCCC/C1=C1/NCCCC(=O)N1. The van der Waals surface area contributed by atoms with E-state index < -0.39 is 0 Å². The van der Waals surface area contributed by atoms with Crippen molar-refractivity contribution in [3.8, 4) is 0 Å². The third kappa shape index (κ3) is 2.37. The van der Waals surface area contributed by atoms with Gasteiger partial charge in [-0.3, -0.25) is 4.79 Å². The van der Waals surface area contributed by atoms with Crippen molar-refractivity contribution in [2.24, 2.45) is 0 Å². The van der Waals surface area contributed by atoms with Gasteiger partial charge in [0.1, 0.15) is 5.82 Å². The summed E-state index contributed by atoms with van der Waals surface area (Å²) in [7, 11) is 0. The molecule has 0 aromatic carbocycles. The highest BCUT2D eigenvalue weighted by Gasteiger charge is 2.19. The van der Waals surface area contributed by atoms with Crippen LogP contribution < -0.4 is 10.6 Å². The lowest BCUT2D eigenvalue weighted by Crippen LogP contribution is -2.31. The topological polar surface area (TPSA) is 65.0 Å². The molecule has 0 unspecified atom stereocenters. The molecule has 1 saturated heterocycles. The van der Waals surface area contributed by atoms with Gasteiger partial charge in [0.05, 0.1) is 0 Å². The van der Waals surface area contributed by atoms with E-state index in [4.69, 9.17) is 5.41 Å². The van der Waals surface area contributed by atoms with Crippen LogP contribution in [0.25, 0.3) is 0 Å². The maximum absolute atomic E-state index is 11.4. The number of amides is 1. The summed E-state index contributed by atoms with van der Waals surface area (Å²) in [4.78, 5) is 11.4. The van der Waals surface area contributed by atoms with Crippen LogP contribution in [0.15, 0.2) is 11.4 Å². The van der Waals surface area contributed by atoms with Crippen LogP contribution >= 0.6 is 0 Å². The zero-order valence-electron chi connectivity index (χ0n) is 8.86. The Labute approximate surface area is 89.6 Å². The van der Waals surface area contributed by atoms with Gasteiger partial charge < -0.3 is 16.0 Å². The molecule has 2 aliphatic rings. The van der Waals surface area contributed by atoms with Gasteiger partial charge in [-0.25, -0.2) is 0 Å². The molecule has 4 heteroatoms. The normalized spacial score (nSPS) is 28.0. The average molecular weight is 207 g/mol. The summed E-state index contributed by atoms with van der Waals surface area (Å²) in [5, 5.41) is 14.0. The summed E-state index contributed by atoms with van der Waals surface area (Å²) in [5.74, 6) is 0.864. The molecule has 1 saturated carbocycles. The van der Waals surface area contributed by atoms with Gasteiger partial charge in [-0.1, -0.05) is 0 Å². The lowest BCUT2D eigenvalue weighted by atomic mass is 9.92. The summed E-state index contributed by atoms with van der Waals surface area (Å²) < 4.78 is 0. The lowest BCUT2D eigenvalue weighted by Gasteiger charge is -2.20. The van der Waals surface area contributed by atoms with Gasteiger partial charge in [-0.2, -0.15) is 0 Å². The van der Waals surface area contributed by atoms with Crippen molar-refractivity contribution in [1.29, 1.82) is 5.41 Å². The van der Waals surface area contributed by atoms with Crippen molar-refractivity contribution < 1.29 is 4.79 Å². The molecule has 0 atom stereocenters. The molecular formula is C11H17N3O. The Morgan fingerprint density at radius 1 is 1.07 bits per heavy atom. The minimum absolute atomic E-state index is 0.0703. The van der Waals surface area contributed by atoms with E-state index in [1.807, 2.05) is 0 Å². The number of nitrogens with one attached hydrogen (secondary N) is 3. The highest BCUT2D eigenvalue weighted by atomic mass is 16.1. The van der Waals surface area contributed by atoms with Crippen LogP contribution in [0, 0.1) is 5.41 Å². The molecule has 0 aromatic heterocycles. The van der Waals surface area contributed by atoms with Crippen molar-refractivity contribution in [1.82, 2.24) is 10.6 Å². The van der Waals surface area contributed by atoms with Crippen LogP contribution in [0.2, 0.25) is 0 Å². The largest absolute Gasteiger partial charge is 0.371 e. The first-order valence-corrected chi connectivity index (χ1v) is 5.62. The van der Waals surface area contributed by atoms with Crippen LogP contribution in [-0.2, 0) is 4.79 Å². The summed E-state index contributed by atoms with van der Waals surface area (Å²) in [5.41, 5.74) is 1.70. The standard InChI is InChI=1S/C11H17N3O/c12-9-5-2-1-4-8(9)11-13-7-3-6-10(15)14-11/h12-13H,1-7H2,(H,14,15)/b11-8+,12-9?. The van der Waals surface area contributed by atoms with E-state index in [9.17, 15) is 4.79 Å². The molecule has 2 fully saturated rings. The Morgan fingerprint density at radius 3 is 2.67 bits per heavy atom. The van der Waals surface area contributed by atoms with Gasteiger partial charge in [-0.15, -0.1) is 0 Å². The zero-order valence-corrected chi connectivity index (χ0v) is 8.86. The fraction of sp³-hybridized carbons (Fsp3) is 0.636. The van der Waals surface area contributed by atoms with Crippen molar-refractivity contribution in [2.45, 2.75) is 38.5 Å². The minimum Gasteiger partial charge on any atom is -0.371 e. The second-order valence-electron chi connectivity index (χ2n) is 4.12. The fourth-order valence-corrected chi connectivity index (χ4v) is 2.07. The third-order valence-corrected chi connectivity index (χ3v) is 2.92. The maximum Gasteiger partial charge on any atom is 0.225 e. The summed E-state index contributed by atoms with van der Waals surface area (Å²) >= 11 is 0. The molecule has 82 valence electrons. The van der Waals surface area contributed by atoms with Crippen molar-refractivity contribution in [3.63, 3.8) is 0 Å². The third-order valence-electron chi connectivity index (χ3n) is 2.92. The Morgan fingerprint density at radius 2 is 1.87 bits per heavy atom. The molecule has 15 heavy (non-hydrogen) atoms. The number of allylic oxidation sites excluding steroid dienone is 1. The lowest BCUT2D eigenvalue weighted by molar-refractivity contribution is -0.120. The first kappa shape index (κ1) is 10.2. The molecule has 0 aromatic rings. The maximum atomic E-state index is 11.4. The molecule has 4 nitrogen and oxygen atoms in total. The second kappa shape index (κ2) is 4.47. The van der Waals surface area contributed by atoms with Crippen molar-refractivity contribution >= 4 is 11.6 Å². The highest BCUT2D eigenvalue weighted by molar-refractivity contribution is 5.99. The van der Waals surface area contributed by atoms with Crippen LogP contribution in [0.1, 0.15) is 38.5 Å². The first-order chi connectivity index (χ1) is 7.27. The van der Waals surface area contributed by atoms with Crippen LogP contribution in [-0.4, -0.2) is 18.2 Å². The monoisotopic (exact) mass is 207 g/mol. The molecule has 0 spiro atoms. The molecule has 2 rings (SSSR count). The number of carbonyl (C=O) groups is 1. The molecule has 1 heterocycles. The van der Waals surface area contributed by atoms with E-state index in [-0.39, 0.29) is 5.91 Å². The Kier molecular flexibility index (Phi) is 3.04.